The molecule has 1 aromatic heterocycles. The maximum atomic E-state index is 13.2. The number of hydrogen-bond donors (Lipinski definition) is 1. The van der Waals surface area contributed by atoms with E-state index in [1.54, 1.807) is 56.0 Å². The third-order valence-electron chi connectivity index (χ3n) is 5.85. The lowest BCUT2D eigenvalue weighted by atomic mass is 9.95. The number of carbonyl (C=O) groups excluding carboxylic acids is 2. The van der Waals surface area contributed by atoms with E-state index in [0.29, 0.717) is 42.1 Å². The first kappa shape index (κ1) is 24.1. The molecule has 2 aromatic carbocycles. The molecule has 8 nitrogen and oxygen atoms in total. The summed E-state index contributed by atoms with van der Waals surface area (Å²) in [6, 6.07) is 13.3. The topological polar surface area (TPSA) is 93.9 Å². The summed E-state index contributed by atoms with van der Waals surface area (Å²) < 4.78 is 12.8. The first-order chi connectivity index (χ1) is 16.9. The van der Waals surface area contributed by atoms with Gasteiger partial charge in [-0.2, -0.15) is 0 Å². The van der Waals surface area contributed by atoms with E-state index in [9.17, 15) is 14.7 Å². The van der Waals surface area contributed by atoms with E-state index < -0.39 is 17.7 Å². The summed E-state index contributed by atoms with van der Waals surface area (Å²) in [5.74, 6) is -0.224. The van der Waals surface area contributed by atoms with E-state index in [1.807, 2.05) is 36.7 Å². The summed E-state index contributed by atoms with van der Waals surface area (Å²) in [6.07, 6.45) is 5.89. The van der Waals surface area contributed by atoms with Crippen molar-refractivity contribution in [1.29, 1.82) is 0 Å². The molecule has 4 rings (SSSR count). The lowest BCUT2D eigenvalue weighted by Gasteiger charge is -2.25. The fraction of sp³-hybridized carbons (Fsp3) is 0.296. The Labute approximate surface area is 204 Å². The number of aliphatic hydroxyl groups excluding tert-OH is 1. The molecule has 1 aliphatic rings. The smallest absolute Gasteiger partial charge is 0.295 e. The number of hydrogen-bond acceptors (Lipinski definition) is 6. The molecule has 0 bridgehead atoms. The van der Waals surface area contributed by atoms with Crippen LogP contribution < -0.4 is 9.47 Å². The Hall–Kier alpha value is -4.07. The van der Waals surface area contributed by atoms with Crippen molar-refractivity contribution in [2.75, 3.05) is 13.7 Å². The summed E-state index contributed by atoms with van der Waals surface area (Å²) >= 11 is 0. The highest BCUT2D eigenvalue weighted by Crippen LogP contribution is 2.40. The number of nitrogens with zero attached hydrogens (tertiary/aromatic N) is 3. The molecule has 3 aromatic rings. The minimum absolute atomic E-state index is 0.0113. The van der Waals surface area contributed by atoms with Crippen LogP contribution in [0.5, 0.6) is 11.5 Å². The van der Waals surface area contributed by atoms with E-state index >= 15 is 0 Å². The van der Waals surface area contributed by atoms with Gasteiger partial charge in [0.25, 0.3) is 11.7 Å². The lowest BCUT2D eigenvalue weighted by Crippen LogP contribution is -2.31. The van der Waals surface area contributed by atoms with Gasteiger partial charge in [0.1, 0.15) is 17.3 Å². The van der Waals surface area contributed by atoms with Gasteiger partial charge in [0.15, 0.2) is 0 Å². The number of rotatable bonds is 9. The number of ether oxygens (including phenoxy) is 2. The predicted molar refractivity (Wildman–Crippen MR) is 131 cm³/mol. The van der Waals surface area contributed by atoms with Crippen LogP contribution >= 0.6 is 0 Å². The molecular formula is C27H29N3O5. The van der Waals surface area contributed by atoms with Crippen molar-refractivity contribution < 1.29 is 24.2 Å². The van der Waals surface area contributed by atoms with Crippen LogP contribution in [-0.4, -0.2) is 51.0 Å². The first-order valence-electron chi connectivity index (χ1n) is 11.5. The minimum Gasteiger partial charge on any atom is -0.507 e. The fourth-order valence-corrected chi connectivity index (χ4v) is 4.21. The molecule has 2 heterocycles. The second-order valence-corrected chi connectivity index (χ2v) is 8.61. The molecule has 1 fully saturated rings. The van der Waals surface area contributed by atoms with Crippen LogP contribution in [0.1, 0.15) is 37.4 Å². The van der Waals surface area contributed by atoms with Crippen molar-refractivity contribution in [3.8, 4) is 11.5 Å². The molecule has 1 N–H and O–H groups in total. The summed E-state index contributed by atoms with van der Waals surface area (Å²) in [6.45, 7) is 4.85. The van der Waals surface area contributed by atoms with Crippen molar-refractivity contribution in [3.63, 3.8) is 0 Å². The number of aromatic nitrogens is 2. The largest absolute Gasteiger partial charge is 0.507 e. The summed E-state index contributed by atoms with van der Waals surface area (Å²) in [5.41, 5.74) is 1.23. The minimum atomic E-state index is -0.713. The monoisotopic (exact) mass is 475 g/mol. The lowest BCUT2D eigenvalue weighted by molar-refractivity contribution is -0.139. The molecule has 35 heavy (non-hydrogen) atoms. The zero-order valence-corrected chi connectivity index (χ0v) is 20.0. The number of aliphatic hydroxyl groups is 1. The molecule has 0 spiro atoms. The molecule has 8 heteroatoms. The summed E-state index contributed by atoms with van der Waals surface area (Å²) in [5, 5.41) is 11.2. The molecule has 182 valence electrons. The number of benzene rings is 2. The zero-order chi connectivity index (χ0) is 24.9. The number of aryl methyl sites for hydroxylation is 1. The van der Waals surface area contributed by atoms with Crippen LogP contribution in [0.2, 0.25) is 0 Å². The van der Waals surface area contributed by atoms with E-state index in [1.165, 1.54) is 4.90 Å². The second kappa shape index (κ2) is 10.5. The third-order valence-corrected chi connectivity index (χ3v) is 5.85. The SMILES string of the molecule is COc1ccc([C@@H]2/C(=C(\O)c3ccc(OC(C)C)cc3)C(=O)C(=O)N2CCCn2ccnc2)cc1. The first-order valence-corrected chi connectivity index (χ1v) is 11.5. The quantitative estimate of drug-likeness (QED) is 0.283. The standard InChI is InChI=1S/C27H29N3O5/c1-18(2)35-22-11-7-20(8-12-22)25(31)23-24(19-5-9-21(34-3)10-6-19)30(27(33)26(23)32)15-4-14-29-16-13-28-17-29/h5-13,16-18,24,31H,4,14-15H2,1-3H3/b25-23+/t24-/m1/s1. The number of likely N-dealkylation sites (tertiary alicyclic amines) is 1. The van der Waals surface area contributed by atoms with Crippen molar-refractivity contribution in [1.82, 2.24) is 14.5 Å². The highest BCUT2D eigenvalue weighted by atomic mass is 16.5. The average molecular weight is 476 g/mol. The molecule has 1 saturated heterocycles. The van der Waals surface area contributed by atoms with E-state index in [2.05, 4.69) is 4.98 Å². The van der Waals surface area contributed by atoms with Crippen LogP contribution in [-0.2, 0) is 16.1 Å². The number of imidazole rings is 1. The fourth-order valence-electron chi connectivity index (χ4n) is 4.21. The molecule has 0 saturated carbocycles. The zero-order valence-electron chi connectivity index (χ0n) is 20.0. The van der Waals surface area contributed by atoms with Gasteiger partial charge < -0.3 is 24.0 Å². The van der Waals surface area contributed by atoms with Crippen molar-refractivity contribution >= 4 is 17.4 Å². The Morgan fingerprint density at radius 1 is 1.03 bits per heavy atom. The maximum absolute atomic E-state index is 13.2. The molecule has 0 unspecified atom stereocenters. The highest BCUT2D eigenvalue weighted by Gasteiger charge is 2.45. The number of carbonyl (C=O) groups is 2. The van der Waals surface area contributed by atoms with Gasteiger partial charge in [-0.25, -0.2) is 4.98 Å². The van der Waals surface area contributed by atoms with Gasteiger partial charge >= 0.3 is 0 Å². The Morgan fingerprint density at radius 2 is 1.71 bits per heavy atom. The van der Waals surface area contributed by atoms with Gasteiger partial charge in [0.05, 0.1) is 31.2 Å². The Morgan fingerprint density at radius 3 is 2.31 bits per heavy atom. The van der Waals surface area contributed by atoms with Crippen LogP contribution in [0.3, 0.4) is 0 Å². The number of ketones is 1. The summed E-state index contributed by atoms with van der Waals surface area (Å²) in [4.78, 5) is 31.8. The Kier molecular flexibility index (Phi) is 7.19. The third kappa shape index (κ3) is 5.21. The van der Waals surface area contributed by atoms with E-state index in [-0.39, 0.29) is 17.4 Å². The molecule has 0 aliphatic carbocycles. The van der Waals surface area contributed by atoms with Gasteiger partial charge in [-0.1, -0.05) is 12.1 Å². The molecule has 1 amide bonds. The predicted octanol–water partition coefficient (Wildman–Crippen LogP) is 4.19. The Bertz CT molecular complexity index is 1200. The second-order valence-electron chi connectivity index (χ2n) is 8.61. The molecule has 1 atom stereocenters. The van der Waals surface area contributed by atoms with Gasteiger partial charge in [0.2, 0.25) is 0 Å². The molecular weight excluding hydrogens is 446 g/mol. The van der Waals surface area contributed by atoms with Gasteiger partial charge in [-0.15, -0.1) is 0 Å². The molecule has 0 radical (unpaired) electrons. The van der Waals surface area contributed by atoms with E-state index in [0.717, 1.165) is 0 Å². The normalized spacial score (nSPS) is 17.3. The summed E-state index contributed by atoms with van der Waals surface area (Å²) in [7, 11) is 1.57. The van der Waals surface area contributed by atoms with Crippen LogP contribution in [0, 0.1) is 0 Å². The van der Waals surface area contributed by atoms with Crippen molar-refractivity contribution in [2.45, 2.75) is 39.0 Å². The number of Topliss-reactive ketones (excluding diaryl/α,β-unsaturated/α-hetero) is 1. The van der Waals surface area contributed by atoms with E-state index in [4.69, 9.17) is 9.47 Å². The van der Waals surface area contributed by atoms with Crippen LogP contribution in [0.25, 0.3) is 5.76 Å². The number of amides is 1. The van der Waals surface area contributed by atoms with Gasteiger partial charge in [-0.05, 0) is 62.2 Å². The van der Waals surface area contributed by atoms with Crippen molar-refractivity contribution in [2.24, 2.45) is 0 Å². The highest BCUT2D eigenvalue weighted by molar-refractivity contribution is 6.46. The maximum Gasteiger partial charge on any atom is 0.295 e. The van der Waals surface area contributed by atoms with Crippen LogP contribution in [0.15, 0.2) is 72.8 Å². The van der Waals surface area contributed by atoms with Gasteiger partial charge in [-0.3, -0.25) is 9.59 Å². The number of methoxy groups -OCH3 is 1. The Balaban J connectivity index is 1.69. The average Bonchev–Trinajstić information content (AvgIpc) is 3.46. The molecule has 1 aliphatic heterocycles. The van der Waals surface area contributed by atoms with Crippen LogP contribution in [0.4, 0.5) is 0 Å². The van der Waals surface area contributed by atoms with Gasteiger partial charge in [0, 0.05) is 31.0 Å². The van der Waals surface area contributed by atoms with Crippen molar-refractivity contribution in [3.05, 3.63) is 84.0 Å².